The molecule has 41 heavy (non-hydrogen) atoms. The molecule has 1 unspecified atom stereocenters. The highest BCUT2D eigenvalue weighted by molar-refractivity contribution is 5.97. The monoisotopic (exact) mass is 545 g/mol. The zero-order valence-corrected chi connectivity index (χ0v) is 22.4. The minimum absolute atomic E-state index is 0.0707. The smallest absolute Gasteiger partial charge is 0.224 e. The summed E-state index contributed by atoms with van der Waals surface area (Å²) in [4.78, 5) is 38.3. The molecule has 1 aliphatic rings. The number of carbonyl (C=O) groups is 1. The molecule has 1 amide bonds. The molecular weight excluding hydrogens is 518 g/mol. The van der Waals surface area contributed by atoms with E-state index in [-0.39, 0.29) is 12.1 Å². The van der Waals surface area contributed by atoms with Crippen LogP contribution >= 0.6 is 0 Å². The molecule has 0 saturated carbocycles. The summed E-state index contributed by atoms with van der Waals surface area (Å²) in [5, 5.41) is 8.72. The van der Waals surface area contributed by atoms with Gasteiger partial charge in [-0.2, -0.15) is 5.10 Å². The van der Waals surface area contributed by atoms with Gasteiger partial charge in [-0.25, -0.2) is 14.6 Å². The van der Waals surface area contributed by atoms with Crippen LogP contribution < -0.4 is 5.32 Å². The Morgan fingerprint density at radius 3 is 2.76 bits per heavy atom. The van der Waals surface area contributed by atoms with E-state index in [9.17, 15) is 4.79 Å². The third-order valence-corrected chi connectivity index (χ3v) is 7.24. The fraction of sp³-hybridized carbons (Fsp3) is 0.233. The number of hydrogen-bond acceptors (Lipinski definition) is 8. The average molecular weight is 546 g/mol. The van der Waals surface area contributed by atoms with Crippen molar-refractivity contribution in [2.75, 3.05) is 11.9 Å². The number of carbonyl (C=O) groups excluding carboxylic acids is 1. The first-order valence-corrected chi connectivity index (χ1v) is 13.7. The van der Waals surface area contributed by atoms with Crippen LogP contribution in [0.1, 0.15) is 38.8 Å². The van der Waals surface area contributed by atoms with Crippen molar-refractivity contribution in [3.8, 4) is 33.8 Å². The highest BCUT2D eigenvalue weighted by atomic mass is 16.5. The average Bonchev–Trinajstić information content (AvgIpc) is 3.63. The van der Waals surface area contributed by atoms with Crippen LogP contribution in [0.5, 0.6) is 0 Å². The van der Waals surface area contributed by atoms with Crippen LogP contribution in [-0.2, 0) is 9.53 Å². The van der Waals surface area contributed by atoms with Crippen molar-refractivity contribution in [3.05, 3.63) is 67.6 Å². The summed E-state index contributed by atoms with van der Waals surface area (Å²) in [6.45, 7) is 2.50. The van der Waals surface area contributed by atoms with Gasteiger partial charge >= 0.3 is 0 Å². The lowest BCUT2D eigenvalue weighted by molar-refractivity contribution is -0.115. The number of hydrogen-bond donors (Lipinski definition) is 2. The number of pyridine rings is 4. The number of ether oxygens (including phenoxy) is 1. The van der Waals surface area contributed by atoms with Crippen LogP contribution in [0.25, 0.3) is 55.8 Å². The van der Waals surface area contributed by atoms with Crippen LogP contribution in [0.2, 0.25) is 0 Å². The quantitative estimate of drug-likeness (QED) is 0.278. The van der Waals surface area contributed by atoms with E-state index < -0.39 is 0 Å². The molecule has 1 saturated heterocycles. The molecule has 0 spiro atoms. The highest BCUT2D eigenvalue weighted by Gasteiger charge is 2.25. The lowest BCUT2D eigenvalue weighted by Crippen LogP contribution is -2.19. The highest BCUT2D eigenvalue weighted by Crippen LogP contribution is 2.35. The molecule has 0 aliphatic carbocycles. The summed E-state index contributed by atoms with van der Waals surface area (Å²) in [6, 6.07) is 7.82. The fourth-order valence-corrected chi connectivity index (χ4v) is 5.17. The van der Waals surface area contributed by atoms with Crippen LogP contribution in [-0.4, -0.2) is 52.2 Å². The Morgan fingerprint density at radius 2 is 1.93 bits per heavy atom. The molecule has 2 N–H and O–H groups in total. The van der Waals surface area contributed by atoms with Gasteiger partial charge in [-0.3, -0.25) is 19.7 Å². The number of H-pyrrole nitrogens is 1. The zero-order valence-electron chi connectivity index (χ0n) is 22.4. The lowest BCUT2D eigenvalue weighted by Gasteiger charge is -2.23. The van der Waals surface area contributed by atoms with E-state index >= 15 is 0 Å². The fourth-order valence-electron chi connectivity index (χ4n) is 5.17. The standard InChI is InChI=1S/C30H27N9O2/c1-2-25(40)35-21-10-19(13-32-15-21)20-11-22-28(38-39(30(22)34-14-20)26-7-3-4-9-41-26)29-36-24-17-33-16-23(27(24)37-29)18-6-5-8-31-12-18/h5-6,8,10-17,26H,2-4,7,9H2,1H3,(H,35,40)(H,36,37). The van der Waals surface area contributed by atoms with Crippen molar-refractivity contribution < 1.29 is 9.53 Å². The second kappa shape index (κ2) is 10.5. The van der Waals surface area contributed by atoms with Gasteiger partial charge in [-0.05, 0) is 37.5 Å². The number of aromatic nitrogens is 8. The predicted octanol–water partition coefficient (Wildman–Crippen LogP) is 5.54. The van der Waals surface area contributed by atoms with Gasteiger partial charge in [-0.15, -0.1) is 0 Å². The van der Waals surface area contributed by atoms with Gasteiger partial charge in [0.15, 0.2) is 17.7 Å². The Hall–Kier alpha value is -5.03. The van der Waals surface area contributed by atoms with Gasteiger partial charge in [0.05, 0.1) is 29.0 Å². The number of nitrogens with zero attached hydrogens (tertiary/aromatic N) is 7. The van der Waals surface area contributed by atoms with Crippen LogP contribution in [0.4, 0.5) is 5.69 Å². The molecule has 0 aromatic carbocycles. The first kappa shape index (κ1) is 25.0. The number of amides is 1. The minimum atomic E-state index is -0.204. The Labute approximate surface area is 235 Å². The normalized spacial score (nSPS) is 15.4. The number of aromatic amines is 1. The van der Waals surface area contributed by atoms with Gasteiger partial charge in [-0.1, -0.05) is 13.0 Å². The van der Waals surface area contributed by atoms with Gasteiger partial charge in [0, 0.05) is 66.3 Å². The summed E-state index contributed by atoms with van der Waals surface area (Å²) >= 11 is 0. The van der Waals surface area contributed by atoms with E-state index in [4.69, 9.17) is 19.8 Å². The topological polar surface area (TPSA) is 136 Å². The minimum Gasteiger partial charge on any atom is -0.356 e. The van der Waals surface area contributed by atoms with Crippen LogP contribution in [0.15, 0.2) is 67.6 Å². The van der Waals surface area contributed by atoms with E-state index in [1.165, 1.54) is 0 Å². The molecule has 7 rings (SSSR count). The van der Waals surface area contributed by atoms with Gasteiger partial charge < -0.3 is 15.0 Å². The molecule has 1 fully saturated rings. The SMILES string of the molecule is CCC(=O)Nc1cncc(-c2cnc3c(c2)c(-c2nc4c(-c5cccnc5)cncc4[nH]2)nn3C2CCCCO2)c1. The molecule has 204 valence electrons. The summed E-state index contributed by atoms with van der Waals surface area (Å²) in [7, 11) is 0. The maximum Gasteiger partial charge on any atom is 0.224 e. The van der Waals surface area contributed by atoms with Crippen molar-refractivity contribution in [1.82, 2.24) is 39.7 Å². The maximum atomic E-state index is 12.0. The summed E-state index contributed by atoms with van der Waals surface area (Å²) < 4.78 is 7.97. The van der Waals surface area contributed by atoms with Crippen molar-refractivity contribution in [2.24, 2.45) is 0 Å². The van der Waals surface area contributed by atoms with E-state index in [2.05, 4.69) is 25.3 Å². The van der Waals surface area contributed by atoms with Crippen molar-refractivity contribution >= 4 is 33.7 Å². The van der Waals surface area contributed by atoms with Crippen molar-refractivity contribution in [1.29, 1.82) is 0 Å². The first-order chi connectivity index (χ1) is 20.2. The Bertz CT molecular complexity index is 1870. The van der Waals surface area contributed by atoms with Crippen molar-refractivity contribution in [3.63, 3.8) is 0 Å². The van der Waals surface area contributed by atoms with E-state index in [0.717, 1.165) is 57.9 Å². The Balaban J connectivity index is 1.38. The second-order valence-electron chi connectivity index (χ2n) is 9.98. The van der Waals surface area contributed by atoms with Crippen molar-refractivity contribution in [2.45, 2.75) is 38.8 Å². The third-order valence-electron chi connectivity index (χ3n) is 7.24. The Morgan fingerprint density at radius 1 is 1.05 bits per heavy atom. The van der Waals surface area contributed by atoms with E-state index in [0.29, 0.717) is 35.9 Å². The zero-order chi connectivity index (χ0) is 27.8. The molecule has 0 radical (unpaired) electrons. The summed E-state index contributed by atoms with van der Waals surface area (Å²) in [5.41, 5.74) is 7.08. The summed E-state index contributed by atoms with van der Waals surface area (Å²) in [5.74, 6) is 0.539. The molecule has 1 atom stereocenters. The molecular formula is C30H27N9O2. The van der Waals surface area contributed by atoms with E-state index in [1.54, 1.807) is 43.4 Å². The molecule has 7 heterocycles. The van der Waals surface area contributed by atoms with Crippen LogP contribution in [0.3, 0.4) is 0 Å². The Kier molecular flexibility index (Phi) is 6.40. The molecule has 11 heteroatoms. The number of rotatable bonds is 6. The van der Waals surface area contributed by atoms with Crippen LogP contribution in [0, 0.1) is 0 Å². The largest absolute Gasteiger partial charge is 0.356 e. The molecule has 11 nitrogen and oxygen atoms in total. The lowest BCUT2D eigenvalue weighted by atomic mass is 10.1. The number of anilines is 1. The number of fused-ring (bicyclic) bond motifs is 2. The third kappa shape index (κ3) is 4.70. The molecule has 6 aromatic heterocycles. The number of imidazole rings is 1. The van der Waals surface area contributed by atoms with Gasteiger partial charge in [0.1, 0.15) is 11.2 Å². The molecule has 1 aliphatic heterocycles. The second-order valence-corrected chi connectivity index (χ2v) is 9.98. The van der Waals surface area contributed by atoms with E-state index in [1.807, 2.05) is 35.9 Å². The predicted molar refractivity (Wildman–Crippen MR) is 155 cm³/mol. The van der Waals surface area contributed by atoms with Gasteiger partial charge in [0.25, 0.3) is 0 Å². The van der Waals surface area contributed by atoms with Gasteiger partial charge in [0.2, 0.25) is 5.91 Å². The maximum absolute atomic E-state index is 12.0. The number of nitrogens with one attached hydrogen (secondary N) is 2. The summed E-state index contributed by atoms with van der Waals surface area (Å²) in [6.07, 6.45) is 15.4. The molecule has 6 aromatic rings. The molecule has 0 bridgehead atoms. The first-order valence-electron chi connectivity index (χ1n) is 13.7.